The third-order valence-corrected chi connectivity index (χ3v) is 2.08. The first-order valence-corrected chi connectivity index (χ1v) is 5.62. The summed E-state index contributed by atoms with van der Waals surface area (Å²) in [5.41, 5.74) is 0. The number of ether oxygens (including phenoxy) is 1. The van der Waals surface area contributed by atoms with E-state index < -0.39 is 36.5 Å². The normalized spacial score (nSPS) is 14.5. The Kier molecular flexibility index (Phi) is 6.43. The fourth-order valence-electron chi connectivity index (χ4n) is 1.42. The molecule has 0 radical (unpaired) electrons. The van der Waals surface area contributed by atoms with Crippen LogP contribution >= 0.6 is 0 Å². The second-order valence-corrected chi connectivity index (χ2v) is 5.22. The van der Waals surface area contributed by atoms with Crippen molar-refractivity contribution in [1.82, 2.24) is 0 Å². The molecule has 0 saturated heterocycles. The minimum atomic E-state index is -1.96. The third kappa shape index (κ3) is 8.97. The highest BCUT2D eigenvalue weighted by atomic mass is 16.5. The van der Waals surface area contributed by atoms with Gasteiger partial charge >= 0.3 is 11.9 Å². The summed E-state index contributed by atoms with van der Waals surface area (Å²) in [4.78, 5) is 32.3. The molecule has 2 atom stereocenters. The number of rotatable bonds is 8. The van der Waals surface area contributed by atoms with Crippen molar-refractivity contribution in [1.29, 1.82) is 0 Å². The van der Waals surface area contributed by atoms with Crippen molar-refractivity contribution in [3.63, 3.8) is 0 Å². The number of aliphatic carboxylic acids is 2. The zero-order valence-electron chi connectivity index (χ0n) is 11.2. The Morgan fingerprint density at radius 3 is 2.11 bits per heavy atom. The molecule has 0 fully saturated rings. The van der Waals surface area contributed by atoms with E-state index in [2.05, 4.69) is 0 Å². The predicted molar refractivity (Wildman–Crippen MR) is 60.7 cm³/mol. The van der Waals surface area contributed by atoms with Gasteiger partial charge in [0.05, 0.1) is 40.0 Å². The SMILES string of the molecule is C[N+](C)(C)C[C@@H](CC(=O)O)OC(=O)CC(O)C(=O)[O-]. The van der Waals surface area contributed by atoms with Gasteiger partial charge in [-0.05, 0) is 0 Å². The number of carboxylic acids is 2. The molecule has 0 aliphatic carbocycles. The topological polar surface area (TPSA) is 124 Å². The molecule has 8 heteroatoms. The maximum absolute atomic E-state index is 11.4. The van der Waals surface area contributed by atoms with Crippen molar-refractivity contribution in [2.45, 2.75) is 25.0 Å². The summed E-state index contributed by atoms with van der Waals surface area (Å²) in [6.45, 7) is 0.249. The van der Waals surface area contributed by atoms with Crippen LogP contribution in [0.5, 0.6) is 0 Å². The van der Waals surface area contributed by atoms with E-state index in [1.807, 2.05) is 0 Å². The number of carbonyl (C=O) groups is 3. The summed E-state index contributed by atoms with van der Waals surface area (Å²) in [6, 6.07) is 0. The number of likely N-dealkylation sites (N-methyl/N-ethyl adjacent to an activating group) is 1. The van der Waals surface area contributed by atoms with E-state index in [4.69, 9.17) is 14.9 Å². The first-order valence-electron chi connectivity index (χ1n) is 5.62. The van der Waals surface area contributed by atoms with Gasteiger partial charge in [0, 0.05) is 0 Å². The maximum atomic E-state index is 11.4. The van der Waals surface area contributed by atoms with Crippen molar-refractivity contribution in [3.05, 3.63) is 0 Å². The minimum absolute atomic E-state index is 0.249. The average Bonchev–Trinajstić information content (AvgIpc) is 2.12. The van der Waals surface area contributed by atoms with E-state index in [-0.39, 0.29) is 13.0 Å². The van der Waals surface area contributed by atoms with E-state index in [0.717, 1.165) is 0 Å². The zero-order chi connectivity index (χ0) is 15.2. The van der Waals surface area contributed by atoms with Crippen LogP contribution in [0.2, 0.25) is 0 Å². The van der Waals surface area contributed by atoms with Gasteiger partial charge in [0.25, 0.3) is 0 Å². The predicted octanol–water partition coefficient (Wildman–Crippen LogP) is -2.42. The molecule has 0 rings (SSSR count). The molecule has 1 unspecified atom stereocenters. The lowest BCUT2D eigenvalue weighted by atomic mass is 10.2. The molecule has 0 aliphatic rings. The van der Waals surface area contributed by atoms with E-state index in [0.29, 0.717) is 4.48 Å². The van der Waals surface area contributed by atoms with Crippen LogP contribution in [0.25, 0.3) is 0 Å². The summed E-state index contributed by atoms with van der Waals surface area (Å²) in [7, 11) is 5.37. The molecule has 0 amide bonds. The van der Waals surface area contributed by atoms with Gasteiger partial charge in [0.1, 0.15) is 12.6 Å². The molecular weight excluding hydrogens is 258 g/mol. The fourth-order valence-corrected chi connectivity index (χ4v) is 1.42. The van der Waals surface area contributed by atoms with Crippen LogP contribution in [0.4, 0.5) is 0 Å². The van der Waals surface area contributed by atoms with Crippen LogP contribution in [-0.4, -0.2) is 72.5 Å². The Morgan fingerprint density at radius 1 is 1.21 bits per heavy atom. The van der Waals surface area contributed by atoms with E-state index in [1.54, 1.807) is 21.1 Å². The van der Waals surface area contributed by atoms with Gasteiger partial charge < -0.3 is 29.3 Å². The summed E-state index contributed by atoms with van der Waals surface area (Å²) in [5, 5.41) is 27.9. The summed E-state index contributed by atoms with van der Waals surface area (Å²) < 4.78 is 5.24. The van der Waals surface area contributed by atoms with E-state index >= 15 is 0 Å². The molecular formula is C11H19NO7. The quantitative estimate of drug-likeness (QED) is 0.373. The van der Waals surface area contributed by atoms with Crippen LogP contribution in [0.3, 0.4) is 0 Å². The highest BCUT2D eigenvalue weighted by Crippen LogP contribution is 2.07. The fraction of sp³-hybridized carbons (Fsp3) is 0.727. The molecule has 110 valence electrons. The standard InChI is InChI=1S/C11H19NO7/c1-12(2,3)6-7(4-9(14)15)19-10(16)5-8(13)11(17)18/h7-8,13H,4-6H2,1-3H3,(H-,14,15,17,18)/t7-,8?/m1/s1. The Hall–Kier alpha value is -1.67. The Morgan fingerprint density at radius 2 is 1.74 bits per heavy atom. The van der Waals surface area contributed by atoms with Gasteiger partial charge in [0.15, 0.2) is 6.10 Å². The molecule has 0 aromatic heterocycles. The van der Waals surface area contributed by atoms with Gasteiger partial charge in [-0.15, -0.1) is 0 Å². The zero-order valence-corrected chi connectivity index (χ0v) is 11.2. The van der Waals surface area contributed by atoms with Crippen LogP contribution in [0, 0.1) is 0 Å². The third-order valence-electron chi connectivity index (χ3n) is 2.08. The number of nitrogens with zero attached hydrogens (tertiary/aromatic N) is 1. The molecule has 0 bridgehead atoms. The van der Waals surface area contributed by atoms with E-state index in [1.165, 1.54) is 0 Å². The molecule has 0 aromatic rings. The Labute approximate surface area is 110 Å². The molecule has 8 nitrogen and oxygen atoms in total. The van der Waals surface area contributed by atoms with Gasteiger partial charge in [-0.3, -0.25) is 9.59 Å². The number of carbonyl (C=O) groups excluding carboxylic acids is 2. The van der Waals surface area contributed by atoms with Crippen molar-refractivity contribution in [3.8, 4) is 0 Å². The molecule has 0 saturated carbocycles. The Balaban J connectivity index is 4.50. The Bertz CT molecular complexity index is 347. The summed E-state index contributed by atoms with van der Waals surface area (Å²) in [5.74, 6) is -3.89. The molecule has 0 heterocycles. The molecule has 0 aromatic carbocycles. The largest absolute Gasteiger partial charge is 0.547 e. The molecule has 19 heavy (non-hydrogen) atoms. The number of quaternary nitrogens is 1. The second-order valence-electron chi connectivity index (χ2n) is 5.22. The van der Waals surface area contributed by atoms with Crippen LogP contribution < -0.4 is 5.11 Å². The van der Waals surface area contributed by atoms with Gasteiger partial charge in [0.2, 0.25) is 0 Å². The highest BCUT2D eigenvalue weighted by Gasteiger charge is 2.25. The van der Waals surface area contributed by atoms with Crippen molar-refractivity contribution < 1.29 is 38.9 Å². The molecule has 0 spiro atoms. The average molecular weight is 277 g/mol. The number of esters is 1. The lowest BCUT2D eigenvalue weighted by molar-refractivity contribution is -0.873. The van der Waals surface area contributed by atoms with Crippen LogP contribution in [-0.2, 0) is 19.1 Å². The lowest BCUT2D eigenvalue weighted by Crippen LogP contribution is -2.44. The smallest absolute Gasteiger partial charge is 0.309 e. The number of hydrogen-bond acceptors (Lipinski definition) is 6. The first-order chi connectivity index (χ1) is 8.51. The number of hydrogen-bond donors (Lipinski definition) is 2. The van der Waals surface area contributed by atoms with Crippen molar-refractivity contribution >= 4 is 17.9 Å². The van der Waals surface area contributed by atoms with Crippen molar-refractivity contribution in [2.75, 3.05) is 27.7 Å². The number of carboxylic acid groups (broad SMARTS) is 2. The summed E-state index contributed by atoms with van der Waals surface area (Å²) >= 11 is 0. The number of aliphatic hydroxyl groups is 1. The van der Waals surface area contributed by atoms with Crippen LogP contribution in [0.15, 0.2) is 0 Å². The summed E-state index contributed by atoms with van der Waals surface area (Å²) in [6.07, 6.45) is -4.00. The monoisotopic (exact) mass is 277 g/mol. The van der Waals surface area contributed by atoms with Gasteiger partial charge in [-0.1, -0.05) is 0 Å². The molecule has 0 aliphatic heterocycles. The van der Waals surface area contributed by atoms with Gasteiger partial charge in [-0.2, -0.15) is 0 Å². The first kappa shape index (κ1) is 17.3. The second kappa shape index (κ2) is 7.05. The van der Waals surface area contributed by atoms with Gasteiger partial charge in [-0.25, -0.2) is 0 Å². The van der Waals surface area contributed by atoms with Crippen molar-refractivity contribution in [2.24, 2.45) is 0 Å². The van der Waals surface area contributed by atoms with Crippen LogP contribution in [0.1, 0.15) is 12.8 Å². The number of aliphatic hydroxyl groups excluding tert-OH is 1. The van der Waals surface area contributed by atoms with E-state index in [9.17, 15) is 19.5 Å². The maximum Gasteiger partial charge on any atom is 0.309 e. The molecule has 2 N–H and O–H groups in total. The highest BCUT2D eigenvalue weighted by molar-refractivity contribution is 5.79. The minimum Gasteiger partial charge on any atom is -0.547 e. The lowest BCUT2D eigenvalue weighted by Gasteiger charge is -2.28.